The Morgan fingerprint density at radius 3 is 2.76 bits per heavy atom. The summed E-state index contributed by atoms with van der Waals surface area (Å²) in [5, 5.41) is 13.7. The van der Waals surface area contributed by atoms with Crippen molar-refractivity contribution in [3.8, 4) is 5.75 Å². The number of rotatable bonds is 3. The first kappa shape index (κ1) is 13.7. The lowest BCUT2D eigenvalue weighted by Crippen LogP contribution is -2.35. The van der Waals surface area contributed by atoms with Crippen molar-refractivity contribution in [3.05, 3.63) is 40.2 Å². The highest BCUT2D eigenvalue weighted by atomic mass is 16.3. The first-order valence-electron chi connectivity index (χ1n) is 7.27. The minimum absolute atomic E-state index is 0.0947. The Hall–Kier alpha value is -2.30. The van der Waals surface area contributed by atoms with E-state index in [1.807, 2.05) is 0 Å². The lowest BCUT2D eigenvalue weighted by atomic mass is 10.1. The number of nitrogens with one attached hydrogen (secondary N) is 2. The second kappa shape index (κ2) is 5.60. The molecule has 1 fully saturated rings. The number of amides is 1. The van der Waals surface area contributed by atoms with Crippen molar-refractivity contribution >= 4 is 16.8 Å². The zero-order valence-electron chi connectivity index (χ0n) is 11.7. The summed E-state index contributed by atoms with van der Waals surface area (Å²) in [7, 11) is 0. The lowest BCUT2D eigenvalue weighted by Gasteiger charge is -2.12. The number of aromatic hydroxyl groups is 1. The zero-order valence-corrected chi connectivity index (χ0v) is 11.7. The average molecular weight is 286 g/mol. The highest BCUT2D eigenvalue weighted by molar-refractivity contribution is 5.88. The Morgan fingerprint density at radius 1 is 1.29 bits per heavy atom. The largest absolute Gasteiger partial charge is 0.507 e. The van der Waals surface area contributed by atoms with E-state index in [4.69, 9.17) is 0 Å². The predicted octanol–water partition coefficient (Wildman–Crippen LogP) is 1.83. The maximum Gasteiger partial charge on any atom is 0.255 e. The fraction of sp³-hybridized carbons (Fsp3) is 0.375. The molecule has 21 heavy (non-hydrogen) atoms. The molecule has 2 aromatic rings. The molecular formula is C16H18N2O3. The number of aromatic nitrogens is 1. The molecule has 1 aromatic heterocycles. The number of fused-ring (bicyclic) bond motifs is 1. The number of pyridine rings is 1. The molecule has 3 N–H and O–H groups in total. The maximum atomic E-state index is 12.0. The van der Waals surface area contributed by atoms with Gasteiger partial charge in [-0.05, 0) is 25.0 Å². The van der Waals surface area contributed by atoms with Gasteiger partial charge >= 0.3 is 0 Å². The van der Waals surface area contributed by atoms with E-state index in [2.05, 4.69) is 10.3 Å². The van der Waals surface area contributed by atoms with Gasteiger partial charge in [0.25, 0.3) is 5.56 Å². The van der Waals surface area contributed by atoms with Crippen molar-refractivity contribution in [2.45, 2.75) is 38.1 Å². The number of carbonyl (C=O) groups is 1. The molecule has 0 unspecified atom stereocenters. The summed E-state index contributed by atoms with van der Waals surface area (Å²) in [4.78, 5) is 26.8. The Balaban J connectivity index is 1.86. The van der Waals surface area contributed by atoms with Crippen molar-refractivity contribution in [2.75, 3.05) is 0 Å². The highest BCUT2D eigenvalue weighted by Crippen LogP contribution is 2.25. The third-order valence-corrected chi connectivity index (χ3v) is 4.05. The van der Waals surface area contributed by atoms with E-state index in [1.165, 1.54) is 0 Å². The molecule has 110 valence electrons. The molecule has 0 spiro atoms. The van der Waals surface area contributed by atoms with Crippen molar-refractivity contribution in [1.29, 1.82) is 0 Å². The van der Waals surface area contributed by atoms with Crippen LogP contribution >= 0.6 is 0 Å². The van der Waals surface area contributed by atoms with E-state index in [0.717, 1.165) is 25.7 Å². The van der Waals surface area contributed by atoms with Gasteiger partial charge in [0, 0.05) is 11.4 Å². The Kier molecular flexibility index (Phi) is 3.64. The molecular weight excluding hydrogens is 268 g/mol. The van der Waals surface area contributed by atoms with Crippen LogP contribution < -0.4 is 10.9 Å². The van der Waals surface area contributed by atoms with Gasteiger partial charge in [-0.3, -0.25) is 9.59 Å². The monoisotopic (exact) mass is 286 g/mol. The molecule has 0 aliphatic heterocycles. The van der Waals surface area contributed by atoms with Crippen LogP contribution in [0.15, 0.2) is 29.1 Å². The van der Waals surface area contributed by atoms with Gasteiger partial charge in [0.2, 0.25) is 5.91 Å². The molecule has 0 bridgehead atoms. The normalized spacial score (nSPS) is 15.4. The second-order valence-electron chi connectivity index (χ2n) is 5.55. The summed E-state index contributed by atoms with van der Waals surface area (Å²) < 4.78 is 0. The van der Waals surface area contributed by atoms with Crippen LogP contribution in [0.3, 0.4) is 0 Å². The zero-order chi connectivity index (χ0) is 14.8. The van der Waals surface area contributed by atoms with Crippen LogP contribution in [0.5, 0.6) is 5.75 Å². The van der Waals surface area contributed by atoms with Crippen LogP contribution in [0.1, 0.15) is 31.2 Å². The minimum Gasteiger partial charge on any atom is -0.507 e. The Bertz CT molecular complexity index is 730. The van der Waals surface area contributed by atoms with Crippen LogP contribution in [0, 0.1) is 0 Å². The average Bonchev–Trinajstić information content (AvgIpc) is 2.96. The molecule has 1 aliphatic rings. The van der Waals surface area contributed by atoms with Gasteiger partial charge in [-0.1, -0.05) is 25.0 Å². The molecule has 1 aromatic carbocycles. The molecule has 0 radical (unpaired) electrons. The van der Waals surface area contributed by atoms with Crippen molar-refractivity contribution < 1.29 is 9.90 Å². The van der Waals surface area contributed by atoms with Crippen LogP contribution in [-0.4, -0.2) is 22.0 Å². The van der Waals surface area contributed by atoms with Gasteiger partial charge in [-0.2, -0.15) is 0 Å². The Morgan fingerprint density at radius 2 is 2.00 bits per heavy atom. The van der Waals surface area contributed by atoms with Crippen LogP contribution in [0.25, 0.3) is 10.9 Å². The molecule has 1 aliphatic carbocycles. The number of hydrogen-bond donors (Lipinski definition) is 3. The number of aromatic amines is 1. The fourth-order valence-corrected chi connectivity index (χ4v) is 2.94. The summed E-state index contributed by atoms with van der Waals surface area (Å²) in [6.45, 7) is 0. The summed E-state index contributed by atoms with van der Waals surface area (Å²) in [5.74, 6) is -0.311. The number of carbonyl (C=O) groups excluding carboxylic acids is 1. The van der Waals surface area contributed by atoms with Gasteiger partial charge in [0.15, 0.2) is 0 Å². The van der Waals surface area contributed by atoms with Crippen LogP contribution in [0.2, 0.25) is 0 Å². The summed E-state index contributed by atoms with van der Waals surface area (Å²) in [5.41, 5.74) is 0.289. The topological polar surface area (TPSA) is 82.2 Å². The second-order valence-corrected chi connectivity index (χ2v) is 5.55. The van der Waals surface area contributed by atoms with Crippen molar-refractivity contribution in [3.63, 3.8) is 0 Å². The van der Waals surface area contributed by atoms with Crippen LogP contribution in [-0.2, 0) is 11.2 Å². The van der Waals surface area contributed by atoms with Gasteiger partial charge in [-0.25, -0.2) is 0 Å². The van der Waals surface area contributed by atoms with Crippen molar-refractivity contribution in [1.82, 2.24) is 10.3 Å². The van der Waals surface area contributed by atoms with E-state index >= 15 is 0 Å². The third-order valence-electron chi connectivity index (χ3n) is 4.05. The first-order valence-corrected chi connectivity index (χ1v) is 7.27. The third kappa shape index (κ3) is 2.77. The lowest BCUT2D eigenvalue weighted by molar-refractivity contribution is -0.121. The number of H-pyrrole nitrogens is 1. The fourth-order valence-electron chi connectivity index (χ4n) is 2.94. The van der Waals surface area contributed by atoms with Gasteiger partial charge in [-0.15, -0.1) is 0 Å². The molecule has 5 nitrogen and oxygen atoms in total. The predicted molar refractivity (Wildman–Crippen MR) is 80.3 cm³/mol. The maximum absolute atomic E-state index is 12.0. The summed E-state index contributed by atoms with van der Waals surface area (Å²) in [6, 6.07) is 7.21. The highest BCUT2D eigenvalue weighted by Gasteiger charge is 2.20. The van der Waals surface area contributed by atoms with E-state index in [1.54, 1.807) is 24.3 Å². The van der Waals surface area contributed by atoms with E-state index < -0.39 is 5.56 Å². The first-order chi connectivity index (χ1) is 10.1. The molecule has 5 heteroatoms. The van der Waals surface area contributed by atoms with Gasteiger partial charge in [0.05, 0.1) is 17.5 Å². The molecule has 3 rings (SSSR count). The molecule has 0 saturated heterocycles. The smallest absolute Gasteiger partial charge is 0.255 e. The molecule has 1 saturated carbocycles. The van der Waals surface area contributed by atoms with Crippen molar-refractivity contribution in [2.24, 2.45) is 0 Å². The minimum atomic E-state index is -0.409. The summed E-state index contributed by atoms with van der Waals surface area (Å²) >= 11 is 0. The van der Waals surface area contributed by atoms with Gasteiger partial charge in [0.1, 0.15) is 5.75 Å². The SMILES string of the molecule is O=C(Cc1c(O)c2ccccc2[nH]c1=O)NC1CCCC1. The number of benzene rings is 1. The van der Waals surface area contributed by atoms with E-state index in [0.29, 0.717) is 10.9 Å². The summed E-state index contributed by atoms with van der Waals surface area (Å²) in [6.07, 6.45) is 4.15. The van der Waals surface area contributed by atoms with Crippen LogP contribution in [0.4, 0.5) is 0 Å². The number of hydrogen-bond acceptors (Lipinski definition) is 3. The standard InChI is InChI=1S/C16H18N2O3/c19-14(17-10-5-1-2-6-10)9-12-15(20)11-7-3-4-8-13(11)18-16(12)21/h3-4,7-8,10H,1-2,5-6,9H2,(H,17,19)(H2,18,20,21). The number of para-hydroxylation sites is 1. The molecule has 1 amide bonds. The van der Waals surface area contributed by atoms with E-state index in [-0.39, 0.29) is 29.7 Å². The van der Waals surface area contributed by atoms with E-state index in [9.17, 15) is 14.7 Å². The molecule has 1 heterocycles. The van der Waals surface area contributed by atoms with Gasteiger partial charge < -0.3 is 15.4 Å². The quantitative estimate of drug-likeness (QED) is 0.805. The Labute approximate surface area is 122 Å². The molecule has 0 atom stereocenters.